The average molecular weight is 206 g/mol. The molecule has 1 aromatic heterocycles. The van der Waals surface area contributed by atoms with Gasteiger partial charge in [0.05, 0.1) is 12.7 Å². The van der Waals surface area contributed by atoms with Crippen molar-refractivity contribution in [1.82, 2.24) is 0 Å². The van der Waals surface area contributed by atoms with E-state index in [0.29, 0.717) is 5.56 Å². The Morgan fingerprint density at radius 3 is 2.86 bits per heavy atom. The van der Waals surface area contributed by atoms with Gasteiger partial charge >= 0.3 is 5.97 Å². The van der Waals surface area contributed by atoms with Crippen molar-refractivity contribution in [2.24, 2.45) is 0 Å². The quantitative estimate of drug-likeness (QED) is 0.670. The van der Waals surface area contributed by atoms with Crippen LogP contribution in [0.5, 0.6) is 0 Å². The maximum atomic E-state index is 11.2. The molecule has 0 spiro atoms. The van der Waals surface area contributed by atoms with Crippen molar-refractivity contribution in [3.8, 4) is 0 Å². The van der Waals surface area contributed by atoms with E-state index in [1.807, 2.05) is 12.1 Å². The lowest BCUT2D eigenvalue weighted by Gasteiger charge is -1.97. The molecule has 0 saturated heterocycles. The second-order valence-electron chi connectivity index (χ2n) is 3.10. The predicted molar refractivity (Wildman–Crippen MR) is 57.9 cm³/mol. The Hall–Kier alpha value is -1.35. The van der Waals surface area contributed by atoms with Gasteiger partial charge in [0.1, 0.15) is 0 Å². The van der Waals surface area contributed by atoms with Crippen LogP contribution in [0.1, 0.15) is 15.2 Å². The van der Waals surface area contributed by atoms with Crippen molar-refractivity contribution >= 4 is 27.4 Å². The first-order valence-corrected chi connectivity index (χ1v) is 5.11. The summed E-state index contributed by atoms with van der Waals surface area (Å²) in [6.45, 7) is 2.06. The van der Waals surface area contributed by atoms with Crippen molar-refractivity contribution in [2.75, 3.05) is 7.11 Å². The Kier molecular flexibility index (Phi) is 2.25. The van der Waals surface area contributed by atoms with E-state index in [0.717, 1.165) is 4.70 Å². The summed E-state index contributed by atoms with van der Waals surface area (Å²) in [7, 11) is 1.40. The molecule has 0 aliphatic rings. The summed E-state index contributed by atoms with van der Waals surface area (Å²) in [6, 6.07) is 7.73. The number of esters is 1. The third kappa shape index (κ3) is 1.51. The van der Waals surface area contributed by atoms with E-state index >= 15 is 0 Å². The summed E-state index contributed by atoms with van der Waals surface area (Å²) in [4.78, 5) is 12.5. The largest absolute Gasteiger partial charge is 0.465 e. The molecule has 0 radical (unpaired) electrons. The van der Waals surface area contributed by atoms with Gasteiger partial charge in [-0.05, 0) is 30.5 Å². The number of aryl methyl sites for hydroxylation is 1. The molecule has 0 amide bonds. The predicted octanol–water partition coefficient (Wildman–Crippen LogP) is 3.00. The van der Waals surface area contributed by atoms with Gasteiger partial charge in [-0.3, -0.25) is 0 Å². The van der Waals surface area contributed by atoms with E-state index in [1.165, 1.54) is 17.4 Å². The molecule has 0 fully saturated rings. The van der Waals surface area contributed by atoms with Crippen LogP contribution >= 0.6 is 11.3 Å². The van der Waals surface area contributed by atoms with Crippen LogP contribution in [0, 0.1) is 6.92 Å². The molecular formula is C11H10O2S. The van der Waals surface area contributed by atoms with Crippen molar-refractivity contribution in [2.45, 2.75) is 6.92 Å². The van der Waals surface area contributed by atoms with Crippen molar-refractivity contribution in [1.29, 1.82) is 0 Å². The molecular weight excluding hydrogens is 196 g/mol. The first-order valence-electron chi connectivity index (χ1n) is 4.29. The standard InChI is InChI=1S/C11H10O2S/c1-7-5-8-3-4-9(11(12)13-2)6-10(8)14-7/h3-6H,1-2H3. The van der Waals surface area contributed by atoms with Crippen LogP contribution < -0.4 is 0 Å². The number of benzene rings is 1. The van der Waals surface area contributed by atoms with Crippen LogP contribution in [0.4, 0.5) is 0 Å². The average Bonchev–Trinajstić information content (AvgIpc) is 2.55. The zero-order chi connectivity index (χ0) is 10.1. The SMILES string of the molecule is COC(=O)c1ccc2cc(C)sc2c1. The number of carbonyl (C=O) groups excluding carboxylic acids is 1. The van der Waals surface area contributed by atoms with Crippen LogP contribution in [-0.4, -0.2) is 13.1 Å². The topological polar surface area (TPSA) is 26.3 Å². The van der Waals surface area contributed by atoms with Crippen LogP contribution in [0.3, 0.4) is 0 Å². The second-order valence-corrected chi connectivity index (χ2v) is 4.39. The highest BCUT2D eigenvalue weighted by atomic mass is 32.1. The summed E-state index contributed by atoms with van der Waals surface area (Å²) >= 11 is 1.69. The number of methoxy groups -OCH3 is 1. The van der Waals surface area contributed by atoms with Crippen LogP contribution in [0.25, 0.3) is 10.1 Å². The molecule has 2 nitrogen and oxygen atoms in total. The van der Waals surface area contributed by atoms with Gasteiger partial charge in [-0.2, -0.15) is 0 Å². The summed E-state index contributed by atoms with van der Waals surface area (Å²) in [5, 5.41) is 1.18. The molecule has 2 rings (SSSR count). The fourth-order valence-corrected chi connectivity index (χ4v) is 2.37. The summed E-state index contributed by atoms with van der Waals surface area (Å²) in [6.07, 6.45) is 0. The number of thiophene rings is 1. The number of rotatable bonds is 1. The highest BCUT2D eigenvalue weighted by Gasteiger charge is 2.06. The minimum Gasteiger partial charge on any atom is -0.465 e. The smallest absolute Gasteiger partial charge is 0.337 e. The van der Waals surface area contributed by atoms with Crippen LogP contribution in [-0.2, 0) is 4.74 Å². The third-order valence-corrected chi connectivity index (χ3v) is 3.08. The first-order chi connectivity index (χ1) is 6.70. The maximum absolute atomic E-state index is 11.2. The highest BCUT2D eigenvalue weighted by Crippen LogP contribution is 2.25. The Labute approximate surface area is 86.1 Å². The molecule has 14 heavy (non-hydrogen) atoms. The Morgan fingerprint density at radius 2 is 2.14 bits per heavy atom. The Bertz CT molecular complexity index is 485. The lowest BCUT2D eigenvalue weighted by atomic mass is 10.2. The van der Waals surface area contributed by atoms with Gasteiger partial charge in [-0.15, -0.1) is 11.3 Å². The van der Waals surface area contributed by atoms with E-state index in [4.69, 9.17) is 0 Å². The molecule has 0 atom stereocenters. The van der Waals surface area contributed by atoms with Gasteiger partial charge in [0.15, 0.2) is 0 Å². The summed E-state index contributed by atoms with van der Waals surface area (Å²) < 4.78 is 5.79. The number of fused-ring (bicyclic) bond motifs is 1. The summed E-state index contributed by atoms with van der Waals surface area (Å²) in [5.74, 6) is -0.280. The molecule has 3 heteroatoms. The Balaban J connectivity index is 2.55. The zero-order valence-corrected chi connectivity index (χ0v) is 8.85. The van der Waals surface area contributed by atoms with Crippen LogP contribution in [0.15, 0.2) is 24.3 Å². The van der Waals surface area contributed by atoms with Crippen molar-refractivity contribution in [3.63, 3.8) is 0 Å². The number of carbonyl (C=O) groups is 1. The van der Waals surface area contributed by atoms with Crippen LogP contribution in [0.2, 0.25) is 0 Å². The lowest BCUT2D eigenvalue weighted by Crippen LogP contribution is -1.99. The fourth-order valence-electron chi connectivity index (χ4n) is 1.41. The minimum absolute atomic E-state index is 0.280. The molecule has 0 N–H and O–H groups in total. The lowest BCUT2D eigenvalue weighted by molar-refractivity contribution is 0.0601. The fraction of sp³-hybridized carbons (Fsp3) is 0.182. The molecule has 0 aliphatic heterocycles. The molecule has 0 saturated carbocycles. The van der Waals surface area contributed by atoms with Gasteiger partial charge in [0.25, 0.3) is 0 Å². The number of hydrogen-bond acceptors (Lipinski definition) is 3. The number of ether oxygens (including phenoxy) is 1. The van der Waals surface area contributed by atoms with E-state index in [1.54, 1.807) is 17.4 Å². The van der Waals surface area contributed by atoms with Crippen molar-refractivity contribution in [3.05, 3.63) is 34.7 Å². The molecule has 72 valence electrons. The van der Waals surface area contributed by atoms with Gasteiger partial charge in [0.2, 0.25) is 0 Å². The van der Waals surface area contributed by atoms with E-state index < -0.39 is 0 Å². The van der Waals surface area contributed by atoms with E-state index in [-0.39, 0.29) is 5.97 Å². The molecule has 0 unspecified atom stereocenters. The molecule has 1 heterocycles. The van der Waals surface area contributed by atoms with Gasteiger partial charge in [-0.1, -0.05) is 6.07 Å². The molecule has 0 aliphatic carbocycles. The Morgan fingerprint density at radius 1 is 1.36 bits per heavy atom. The number of hydrogen-bond donors (Lipinski definition) is 0. The molecule has 0 bridgehead atoms. The van der Waals surface area contributed by atoms with Gasteiger partial charge in [-0.25, -0.2) is 4.79 Å². The van der Waals surface area contributed by atoms with Gasteiger partial charge < -0.3 is 4.74 Å². The van der Waals surface area contributed by atoms with E-state index in [2.05, 4.69) is 17.7 Å². The zero-order valence-electron chi connectivity index (χ0n) is 8.03. The first kappa shape index (κ1) is 9.21. The summed E-state index contributed by atoms with van der Waals surface area (Å²) in [5.41, 5.74) is 0.613. The normalized spacial score (nSPS) is 10.4. The van der Waals surface area contributed by atoms with Crippen molar-refractivity contribution < 1.29 is 9.53 Å². The third-order valence-electron chi connectivity index (χ3n) is 2.06. The van der Waals surface area contributed by atoms with E-state index in [9.17, 15) is 4.79 Å². The highest BCUT2D eigenvalue weighted by molar-refractivity contribution is 7.19. The van der Waals surface area contributed by atoms with Gasteiger partial charge in [0, 0.05) is 9.58 Å². The monoisotopic (exact) mass is 206 g/mol. The minimum atomic E-state index is -0.280. The molecule has 2 aromatic rings. The maximum Gasteiger partial charge on any atom is 0.337 e. The second kappa shape index (κ2) is 3.42. The molecule has 1 aromatic carbocycles.